The molecule has 1 saturated heterocycles. The van der Waals surface area contributed by atoms with Crippen LogP contribution in [-0.4, -0.2) is 63.1 Å². The Labute approximate surface area is 163 Å². The maximum absolute atomic E-state index is 13.1. The van der Waals surface area contributed by atoms with Gasteiger partial charge in [0.05, 0.1) is 6.07 Å². The van der Waals surface area contributed by atoms with Crippen LogP contribution in [-0.2, 0) is 5.75 Å². The number of carbonyl (C=O) groups is 1. The number of nitrogens with one attached hydrogen (secondary N) is 1. The molecule has 142 valence electrons. The fourth-order valence-corrected chi connectivity index (χ4v) is 4.07. The van der Waals surface area contributed by atoms with Crippen LogP contribution in [0.4, 0.5) is 0 Å². The fourth-order valence-electron chi connectivity index (χ4n) is 3.29. The zero-order valence-corrected chi connectivity index (χ0v) is 16.4. The normalized spacial score (nSPS) is 16.3. The molecule has 7 nitrogen and oxygen atoms in total. The highest BCUT2D eigenvalue weighted by molar-refractivity contribution is 7.98. The summed E-state index contributed by atoms with van der Waals surface area (Å²) in [6, 6.07) is 10.0. The van der Waals surface area contributed by atoms with Gasteiger partial charge < -0.3 is 4.90 Å². The van der Waals surface area contributed by atoms with Gasteiger partial charge in [-0.05, 0) is 17.5 Å². The lowest BCUT2D eigenvalue weighted by atomic mass is 10.0. The van der Waals surface area contributed by atoms with Crippen molar-refractivity contribution in [3.63, 3.8) is 0 Å². The highest BCUT2D eigenvalue weighted by atomic mass is 32.2. The number of thioether (sulfide) groups is 1. The van der Waals surface area contributed by atoms with Crippen molar-refractivity contribution in [2.24, 2.45) is 5.92 Å². The Morgan fingerprint density at radius 1 is 1.30 bits per heavy atom. The molecule has 0 saturated carbocycles. The van der Waals surface area contributed by atoms with Gasteiger partial charge in [-0.25, -0.2) is 4.98 Å². The van der Waals surface area contributed by atoms with Gasteiger partial charge in [0.2, 0.25) is 0 Å². The van der Waals surface area contributed by atoms with Crippen LogP contribution < -0.4 is 0 Å². The molecule has 2 heterocycles. The molecule has 1 aliphatic rings. The number of aromatic nitrogens is 3. The summed E-state index contributed by atoms with van der Waals surface area (Å²) in [6.07, 6.45) is 1.48. The predicted octanol–water partition coefficient (Wildman–Crippen LogP) is 2.40. The Hall–Kier alpha value is -2.37. The van der Waals surface area contributed by atoms with Crippen molar-refractivity contribution in [2.75, 3.05) is 26.2 Å². The van der Waals surface area contributed by atoms with E-state index >= 15 is 0 Å². The SMILES string of the molecule is CC(C)C(C#N)N1CCN(C(=O)c2ccccc2CSc2ncn[nH]2)CC1. The van der Waals surface area contributed by atoms with Gasteiger partial charge in [-0.1, -0.05) is 43.8 Å². The van der Waals surface area contributed by atoms with E-state index in [1.165, 1.54) is 18.1 Å². The van der Waals surface area contributed by atoms with Crippen LogP contribution in [0.25, 0.3) is 0 Å². The lowest BCUT2D eigenvalue weighted by Gasteiger charge is -2.38. The molecule has 0 spiro atoms. The molecule has 27 heavy (non-hydrogen) atoms. The number of amides is 1. The van der Waals surface area contributed by atoms with Crippen LogP contribution >= 0.6 is 11.8 Å². The quantitative estimate of drug-likeness (QED) is 0.770. The van der Waals surface area contributed by atoms with Crippen molar-refractivity contribution in [3.05, 3.63) is 41.7 Å². The van der Waals surface area contributed by atoms with E-state index in [0.29, 0.717) is 18.8 Å². The Balaban J connectivity index is 1.64. The monoisotopic (exact) mass is 384 g/mol. The molecule has 1 unspecified atom stereocenters. The average molecular weight is 385 g/mol. The smallest absolute Gasteiger partial charge is 0.254 e. The molecular weight excluding hydrogens is 360 g/mol. The van der Waals surface area contributed by atoms with Gasteiger partial charge in [-0.15, -0.1) is 0 Å². The van der Waals surface area contributed by atoms with E-state index in [9.17, 15) is 10.1 Å². The van der Waals surface area contributed by atoms with Crippen LogP contribution in [0, 0.1) is 17.2 Å². The Bertz CT molecular complexity index is 793. The summed E-state index contributed by atoms with van der Waals surface area (Å²) in [4.78, 5) is 21.2. The zero-order chi connectivity index (χ0) is 19.2. The van der Waals surface area contributed by atoms with Crippen molar-refractivity contribution in [1.82, 2.24) is 25.0 Å². The number of rotatable bonds is 6. The molecule has 1 aliphatic heterocycles. The molecule has 1 amide bonds. The second-order valence-corrected chi connectivity index (χ2v) is 7.85. The predicted molar refractivity (Wildman–Crippen MR) is 104 cm³/mol. The van der Waals surface area contributed by atoms with Gasteiger partial charge in [0.1, 0.15) is 12.4 Å². The van der Waals surface area contributed by atoms with E-state index in [4.69, 9.17) is 0 Å². The number of piperazine rings is 1. The minimum absolute atomic E-state index is 0.0569. The lowest BCUT2D eigenvalue weighted by Crippen LogP contribution is -2.52. The van der Waals surface area contributed by atoms with E-state index in [2.05, 4.69) is 40.0 Å². The maximum atomic E-state index is 13.1. The Morgan fingerprint density at radius 3 is 2.67 bits per heavy atom. The highest BCUT2D eigenvalue weighted by Crippen LogP contribution is 2.23. The molecule has 1 aromatic carbocycles. The number of nitrogens with zero attached hydrogens (tertiary/aromatic N) is 5. The van der Waals surface area contributed by atoms with Gasteiger partial charge in [0.15, 0.2) is 5.16 Å². The zero-order valence-electron chi connectivity index (χ0n) is 15.6. The van der Waals surface area contributed by atoms with Crippen molar-refractivity contribution in [1.29, 1.82) is 5.26 Å². The second-order valence-electron chi connectivity index (χ2n) is 6.88. The number of nitriles is 1. The largest absolute Gasteiger partial charge is 0.336 e. The molecule has 8 heteroatoms. The van der Waals surface area contributed by atoms with E-state index in [0.717, 1.165) is 29.4 Å². The number of carbonyl (C=O) groups excluding carboxylic acids is 1. The number of H-pyrrole nitrogens is 1. The highest BCUT2D eigenvalue weighted by Gasteiger charge is 2.28. The van der Waals surface area contributed by atoms with Crippen molar-refractivity contribution >= 4 is 17.7 Å². The van der Waals surface area contributed by atoms with Crippen molar-refractivity contribution in [3.8, 4) is 6.07 Å². The fraction of sp³-hybridized carbons (Fsp3) is 0.474. The molecule has 2 aromatic rings. The number of benzene rings is 1. The summed E-state index contributed by atoms with van der Waals surface area (Å²) in [7, 11) is 0. The first kappa shape index (κ1) is 19.4. The minimum Gasteiger partial charge on any atom is -0.336 e. The summed E-state index contributed by atoms with van der Waals surface area (Å²) in [5, 5.41) is 16.8. The lowest BCUT2D eigenvalue weighted by molar-refractivity contribution is 0.0576. The van der Waals surface area contributed by atoms with Crippen LogP contribution in [0.5, 0.6) is 0 Å². The van der Waals surface area contributed by atoms with Crippen LogP contribution in [0.15, 0.2) is 35.7 Å². The van der Waals surface area contributed by atoms with E-state index in [-0.39, 0.29) is 17.9 Å². The maximum Gasteiger partial charge on any atom is 0.254 e. The molecule has 1 atom stereocenters. The molecule has 0 aliphatic carbocycles. The average Bonchev–Trinajstić information content (AvgIpc) is 3.20. The third kappa shape index (κ3) is 4.67. The molecule has 0 radical (unpaired) electrons. The van der Waals surface area contributed by atoms with E-state index < -0.39 is 0 Å². The minimum atomic E-state index is -0.0900. The van der Waals surface area contributed by atoms with Gasteiger partial charge in [0, 0.05) is 37.5 Å². The summed E-state index contributed by atoms with van der Waals surface area (Å²) in [5.74, 6) is 0.994. The first-order valence-electron chi connectivity index (χ1n) is 9.09. The van der Waals surface area contributed by atoms with Crippen LogP contribution in [0.2, 0.25) is 0 Å². The molecule has 1 N–H and O–H groups in total. The molecular formula is C19H24N6OS. The van der Waals surface area contributed by atoms with Crippen LogP contribution in [0.3, 0.4) is 0 Å². The van der Waals surface area contributed by atoms with Gasteiger partial charge in [-0.3, -0.25) is 14.8 Å². The molecule has 1 aromatic heterocycles. The standard InChI is InChI=1S/C19H24N6OS/c1-14(2)17(11-20)24-7-9-25(10-8-24)18(26)16-6-4-3-5-15(16)12-27-19-21-13-22-23-19/h3-6,13-14,17H,7-10,12H2,1-2H3,(H,21,22,23). The molecule has 0 bridgehead atoms. The molecule has 3 rings (SSSR count). The number of hydrogen-bond acceptors (Lipinski definition) is 6. The topological polar surface area (TPSA) is 88.9 Å². The van der Waals surface area contributed by atoms with E-state index in [1.54, 1.807) is 0 Å². The van der Waals surface area contributed by atoms with Gasteiger partial charge in [-0.2, -0.15) is 10.4 Å². The summed E-state index contributed by atoms with van der Waals surface area (Å²) < 4.78 is 0. The third-order valence-corrected chi connectivity index (χ3v) is 5.69. The molecule has 1 fully saturated rings. The summed E-state index contributed by atoms with van der Waals surface area (Å²) >= 11 is 1.52. The second kappa shape index (κ2) is 9.02. The Morgan fingerprint density at radius 2 is 2.04 bits per heavy atom. The van der Waals surface area contributed by atoms with Crippen LogP contribution in [0.1, 0.15) is 29.8 Å². The third-order valence-electron chi connectivity index (χ3n) is 4.76. The van der Waals surface area contributed by atoms with E-state index in [1.807, 2.05) is 29.2 Å². The van der Waals surface area contributed by atoms with Gasteiger partial charge >= 0.3 is 0 Å². The number of aromatic amines is 1. The van der Waals surface area contributed by atoms with Gasteiger partial charge in [0.25, 0.3) is 5.91 Å². The number of hydrogen-bond donors (Lipinski definition) is 1. The van der Waals surface area contributed by atoms with Crippen molar-refractivity contribution in [2.45, 2.75) is 30.8 Å². The summed E-state index contributed by atoms with van der Waals surface area (Å²) in [6.45, 7) is 6.89. The summed E-state index contributed by atoms with van der Waals surface area (Å²) in [5.41, 5.74) is 1.72. The van der Waals surface area contributed by atoms with Crippen molar-refractivity contribution < 1.29 is 4.79 Å². The first-order valence-corrected chi connectivity index (χ1v) is 10.1. The first-order chi connectivity index (χ1) is 13.1. The Kier molecular flexibility index (Phi) is 6.48.